The average Bonchev–Trinajstić information content (AvgIpc) is 2.42. The van der Waals surface area contributed by atoms with E-state index in [4.69, 9.17) is 34.8 Å². The van der Waals surface area contributed by atoms with E-state index in [1.54, 1.807) is 0 Å². The van der Waals surface area contributed by atoms with Gasteiger partial charge in [-0.15, -0.1) is 0 Å². The molecule has 0 fully saturated rings. The van der Waals surface area contributed by atoms with Crippen LogP contribution in [0.2, 0.25) is 15.1 Å². The van der Waals surface area contributed by atoms with E-state index in [0.717, 1.165) is 5.56 Å². The first-order chi connectivity index (χ1) is 9.88. The second-order valence-electron chi connectivity index (χ2n) is 4.95. The molecule has 0 aliphatic rings. The first kappa shape index (κ1) is 16.6. The Bertz CT molecular complexity index is 645. The molecule has 0 bridgehead atoms. The van der Waals surface area contributed by atoms with Gasteiger partial charge < -0.3 is 5.32 Å². The molecule has 1 nitrogen and oxygen atoms in total. The van der Waals surface area contributed by atoms with Crippen molar-refractivity contribution in [1.82, 2.24) is 5.32 Å². The molecular weight excluding hydrogens is 332 g/mol. The van der Waals surface area contributed by atoms with Gasteiger partial charge in [0, 0.05) is 22.1 Å². The smallest absolute Gasteiger partial charge is 0.142 e. The summed E-state index contributed by atoms with van der Waals surface area (Å²) >= 11 is 17.8. The van der Waals surface area contributed by atoms with E-state index in [-0.39, 0.29) is 17.1 Å². The lowest BCUT2D eigenvalue weighted by atomic mass is 10.0. The SMILES string of the molecule is CC(N[C@H](C)c1cccc(Cl)c1)c1cc(F)c(Cl)cc1Cl. The van der Waals surface area contributed by atoms with Gasteiger partial charge in [-0.1, -0.05) is 46.9 Å². The normalized spacial score (nSPS) is 14.0. The molecule has 112 valence electrons. The molecule has 0 spiro atoms. The van der Waals surface area contributed by atoms with Gasteiger partial charge in [-0.2, -0.15) is 0 Å². The summed E-state index contributed by atoms with van der Waals surface area (Å²) in [5.74, 6) is -0.472. The average molecular weight is 347 g/mol. The van der Waals surface area contributed by atoms with Crippen molar-refractivity contribution in [3.63, 3.8) is 0 Å². The van der Waals surface area contributed by atoms with Gasteiger partial charge in [-0.3, -0.25) is 0 Å². The zero-order chi connectivity index (χ0) is 15.6. The van der Waals surface area contributed by atoms with Gasteiger partial charge in [0.1, 0.15) is 5.82 Å². The Labute approximate surface area is 139 Å². The zero-order valence-electron chi connectivity index (χ0n) is 11.6. The molecule has 1 unspecified atom stereocenters. The van der Waals surface area contributed by atoms with Crippen LogP contribution in [0.1, 0.15) is 37.1 Å². The lowest BCUT2D eigenvalue weighted by molar-refractivity contribution is 0.492. The Morgan fingerprint density at radius 1 is 0.952 bits per heavy atom. The van der Waals surface area contributed by atoms with Gasteiger partial charge in [0.25, 0.3) is 0 Å². The van der Waals surface area contributed by atoms with E-state index >= 15 is 0 Å². The summed E-state index contributed by atoms with van der Waals surface area (Å²) < 4.78 is 13.6. The third-order valence-electron chi connectivity index (χ3n) is 3.35. The Hall–Kier alpha value is -0.800. The maximum Gasteiger partial charge on any atom is 0.142 e. The van der Waals surface area contributed by atoms with Crippen molar-refractivity contribution in [2.75, 3.05) is 0 Å². The van der Waals surface area contributed by atoms with Crippen LogP contribution in [-0.2, 0) is 0 Å². The van der Waals surface area contributed by atoms with Crippen LogP contribution in [0.25, 0.3) is 0 Å². The van der Waals surface area contributed by atoms with Crippen molar-refractivity contribution >= 4 is 34.8 Å². The number of halogens is 4. The summed E-state index contributed by atoms with van der Waals surface area (Å²) in [7, 11) is 0. The van der Waals surface area contributed by atoms with E-state index < -0.39 is 5.82 Å². The molecule has 2 aromatic carbocycles. The third-order valence-corrected chi connectivity index (χ3v) is 4.21. The molecule has 2 atom stereocenters. The lowest BCUT2D eigenvalue weighted by Crippen LogP contribution is -2.22. The highest BCUT2D eigenvalue weighted by Crippen LogP contribution is 2.30. The summed E-state index contributed by atoms with van der Waals surface area (Å²) in [6.07, 6.45) is 0. The van der Waals surface area contributed by atoms with Gasteiger partial charge >= 0.3 is 0 Å². The molecular formula is C16H15Cl3FN. The van der Waals surface area contributed by atoms with Crippen LogP contribution < -0.4 is 5.32 Å². The van der Waals surface area contributed by atoms with Crippen molar-refractivity contribution < 1.29 is 4.39 Å². The minimum absolute atomic E-state index is 0.0267. The highest BCUT2D eigenvalue weighted by molar-refractivity contribution is 6.35. The standard InChI is InChI=1S/C16H15Cl3FN/c1-9(11-4-3-5-12(17)6-11)21-10(2)13-7-16(20)15(19)8-14(13)18/h3-10,21H,1-2H3/t9-,10?/m1/s1. The van der Waals surface area contributed by atoms with E-state index in [1.165, 1.54) is 12.1 Å². The van der Waals surface area contributed by atoms with Crippen LogP contribution >= 0.6 is 34.8 Å². The zero-order valence-corrected chi connectivity index (χ0v) is 13.9. The second-order valence-corrected chi connectivity index (χ2v) is 6.20. The van der Waals surface area contributed by atoms with Gasteiger partial charge in [0.15, 0.2) is 0 Å². The summed E-state index contributed by atoms with van der Waals surface area (Å²) in [5.41, 5.74) is 1.73. The largest absolute Gasteiger partial charge is 0.304 e. The van der Waals surface area contributed by atoms with Gasteiger partial charge in [0.2, 0.25) is 0 Å². The van der Waals surface area contributed by atoms with E-state index in [1.807, 2.05) is 38.1 Å². The fraction of sp³-hybridized carbons (Fsp3) is 0.250. The maximum absolute atomic E-state index is 13.6. The van der Waals surface area contributed by atoms with Gasteiger partial charge in [-0.05, 0) is 49.2 Å². The Kier molecular flexibility index (Phi) is 5.50. The van der Waals surface area contributed by atoms with Crippen LogP contribution in [0.5, 0.6) is 0 Å². The van der Waals surface area contributed by atoms with Crippen LogP contribution in [0.3, 0.4) is 0 Å². The van der Waals surface area contributed by atoms with Crippen molar-refractivity contribution in [3.8, 4) is 0 Å². The molecule has 1 N–H and O–H groups in total. The molecule has 0 saturated heterocycles. The minimum atomic E-state index is -0.472. The summed E-state index contributed by atoms with van der Waals surface area (Å²) in [4.78, 5) is 0. The summed E-state index contributed by atoms with van der Waals surface area (Å²) in [6.45, 7) is 3.94. The molecule has 0 aromatic heterocycles. The minimum Gasteiger partial charge on any atom is -0.304 e. The molecule has 2 aromatic rings. The molecule has 0 heterocycles. The fourth-order valence-corrected chi connectivity index (χ4v) is 2.95. The molecule has 0 radical (unpaired) electrons. The number of rotatable bonds is 4. The molecule has 5 heteroatoms. The van der Waals surface area contributed by atoms with E-state index in [9.17, 15) is 4.39 Å². The molecule has 2 rings (SSSR count). The summed E-state index contributed by atoms with van der Waals surface area (Å²) in [6, 6.07) is 10.3. The first-order valence-electron chi connectivity index (χ1n) is 6.54. The van der Waals surface area contributed by atoms with Crippen molar-refractivity contribution in [1.29, 1.82) is 0 Å². The molecule has 0 aliphatic carbocycles. The van der Waals surface area contributed by atoms with E-state index in [2.05, 4.69) is 5.32 Å². The Morgan fingerprint density at radius 2 is 1.67 bits per heavy atom. The molecule has 21 heavy (non-hydrogen) atoms. The predicted octanol–water partition coefficient (Wildman–Crippen LogP) is 6.20. The topological polar surface area (TPSA) is 12.0 Å². The number of benzene rings is 2. The monoisotopic (exact) mass is 345 g/mol. The molecule has 0 amide bonds. The van der Waals surface area contributed by atoms with Crippen molar-refractivity contribution in [2.45, 2.75) is 25.9 Å². The van der Waals surface area contributed by atoms with E-state index in [0.29, 0.717) is 15.6 Å². The Balaban J connectivity index is 2.18. The van der Waals surface area contributed by atoms with Crippen LogP contribution in [0.15, 0.2) is 36.4 Å². The number of nitrogens with one attached hydrogen (secondary N) is 1. The third kappa shape index (κ3) is 4.10. The molecule has 0 aliphatic heterocycles. The highest BCUT2D eigenvalue weighted by Gasteiger charge is 2.16. The lowest BCUT2D eigenvalue weighted by Gasteiger charge is -2.22. The number of hydrogen-bond acceptors (Lipinski definition) is 1. The number of hydrogen-bond donors (Lipinski definition) is 1. The summed E-state index contributed by atoms with van der Waals surface area (Å²) in [5, 5.41) is 4.53. The van der Waals surface area contributed by atoms with Crippen LogP contribution in [0.4, 0.5) is 4.39 Å². The maximum atomic E-state index is 13.6. The second kappa shape index (κ2) is 6.97. The Morgan fingerprint density at radius 3 is 2.33 bits per heavy atom. The van der Waals surface area contributed by atoms with Gasteiger partial charge in [0.05, 0.1) is 5.02 Å². The molecule has 0 saturated carbocycles. The highest BCUT2D eigenvalue weighted by atomic mass is 35.5. The first-order valence-corrected chi connectivity index (χ1v) is 7.68. The van der Waals surface area contributed by atoms with Crippen molar-refractivity contribution in [3.05, 3.63) is 68.4 Å². The van der Waals surface area contributed by atoms with Crippen molar-refractivity contribution in [2.24, 2.45) is 0 Å². The quantitative estimate of drug-likeness (QED) is 0.650. The van der Waals surface area contributed by atoms with Crippen LogP contribution in [0, 0.1) is 5.82 Å². The van der Waals surface area contributed by atoms with Gasteiger partial charge in [-0.25, -0.2) is 4.39 Å². The predicted molar refractivity (Wildman–Crippen MR) is 87.8 cm³/mol. The fourth-order valence-electron chi connectivity index (χ4n) is 2.21. The van der Waals surface area contributed by atoms with Crippen LogP contribution in [-0.4, -0.2) is 0 Å².